The highest BCUT2D eigenvalue weighted by atomic mass is 79.9. The largest absolute Gasteiger partial charge is 0.481 e. The third-order valence-corrected chi connectivity index (χ3v) is 3.79. The minimum absolute atomic E-state index is 0.0195. The highest BCUT2D eigenvalue weighted by Gasteiger charge is 2.50. The Balaban J connectivity index is 2.14. The SMILES string of the molecule is O=C(NCC1(C(=O)O)CC1)c1ccc(Br)cc1[N+](=O)[O-]. The summed E-state index contributed by atoms with van der Waals surface area (Å²) in [7, 11) is 0. The van der Waals surface area contributed by atoms with E-state index in [2.05, 4.69) is 21.2 Å². The van der Waals surface area contributed by atoms with Crippen molar-refractivity contribution < 1.29 is 19.6 Å². The number of carboxylic acid groups (broad SMARTS) is 1. The fraction of sp³-hybridized carbons (Fsp3) is 0.333. The van der Waals surface area contributed by atoms with Gasteiger partial charge in [0.2, 0.25) is 0 Å². The number of aliphatic carboxylic acids is 1. The predicted octanol–water partition coefficient (Wildman–Crippen LogP) is 1.95. The van der Waals surface area contributed by atoms with Gasteiger partial charge in [0, 0.05) is 17.1 Å². The van der Waals surface area contributed by atoms with Crippen LogP contribution in [0.4, 0.5) is 5.69 Å². The number of carboxylic acids is 1. The molecule has 2 rings (SSSR count). The van der Waals surface area contributed by atoms with E-state index < -0.39 is 22.2 Å². The van der Waals surface area contributed by atoms with Crippen molar-refractivity contribution in [3.05, 3.63) is 38.3 Å². The quantitative estimate of drug-likeness (QED) is 0.627. The molecule has 1 aromatic rings. The van der Waals surface area contributed by atoms with Crippen LogP contribution in [0, 0.1) is 15.5 Å². The van der Waals surface area contributed by atoms with Gasteiger partial charge in [0.25, 0.3) is 11.6 Å². The van der Waals surface area contributed by atoms with Crippen molar-refractivity contribution in [3.63, 3.8) is 0 Å². The Bertz CT molecular complexity index is 598. The molecule has 0 saturated heterocycles. The number of nitrogens with zero attached hydrogens (tertiary/aromatic N) is 1. The van der Waals surface area contributed by atoms with Crippen molar-refractivity contribution in [3.8, 4) is 0 Å². The second-order valence-corrected chi connectivity index (χ2v) is 5.60. The Morgan fingerprint density at radius 2 is 2.10 bits per heavy atom. The van der Waals surface area contributed by atoms with E-state index in [0.29, 0.717) is 17.3 Å². The van der Waals surface area contributed by atoms with E-state index in [0.717, 1.165) is 0 Å². The summed E-state index contributed by atoms with van der Waals surface area (Å²) in [6.07, 6.45) is 1.01. The van der Waals surface area contributed by atoms with Crippen LogP contribution >= 0.6 is 15.9 Å². The first-order valence-electron chi connectivity index (χ1n) is 5.81. The van der Waals surface area contributed by atoms with E-state index >= 15 is 0 Å². The molecule has 106 valence electrons. The number of hydrogen-bond acceptors (Lipinski definition) is 4. The first-order chi connectivity index (χ1) is 9.35. The van der Waals surface area contributed by atoms with Gasteiger partial charge in [0.1, 0.15) is 5.56 Å². The second kappa shape index (κ2) is 5.20. The van der Waals surface area contributed by atoms with Gasteiger partial charge in [-0.05, 0) is 25.0 Å². The highest BCUT2D eigenvalue weighted by Crippen LogP contribution is 2.45. The van der Waals surface area contributed by atoms with Gasteiger partial charge < -0.3 is 10.4 Å². The summed E-state index contributed by atoms with van der Waals surface area (Å²) in [5, 5.41) is 22.4. The van der Waals surface area contributed by atoms with Crippen LogP contribution in [0.5, 0.6) is 0 Å². The Kier molecular flexibility index (Phi) is 3.76. The van der Waals surface area contributed by atoms with Gasteiger partial charge in [-0.25, -0.2) is 0 Å². The Morgan fingerprint density at radius 3 is 2.60 bits per heavy atom. The van der Waals surface area contributed by atoms with Crippen molar-refractivity contribution in [2.45, 2.75) is 12.8 Å². The zero-order chi connectivity index (χ0) is 14.9. The first-order valence-corrected chi connectivity index (χ1v) is 6.60. The number of halogens is 1. The highest BCUT2D eigenvalue weighted by molar-refractivity contribution is 9.10. The molecule has 8 heteroatoms. The number of benzene rings is 1. The van der Waals surface area contributed by atoms with Crippen LogP contribution in [0.15, 0.2) is 22.7 Å². The molecule has 0 unspecified atom stereocenters. The van der Waals surface area contributed by atoms with Crippen LogP contribution in [0.1, 0.15) is 23.2 Å². The van der Waals surface area contributed by atoms with Crippen LogP contribution < -0.4 is 5.32 Å². The average Bonchev–Trinajstić information content (AvgIpc) is 3.17. The minimum atomic E-state index is -0.955. The van der Waals surface area contributed by atoms with Crippen LogP contribution in [-0.4, -0.2) is 28.5 Å². The van der Waals surface area contributed by atoms with Crippen molar-refractivity contribution in [1.29, 1.82) is 0 Å². The third-order valence-electron chi connectivity index (χ3n) is 3.30. The summed E-state index contributed by atoms with van der Waals surface area (Å²) in [5.41, 5.74) is -1.31. The van der Waals surface area contributed by atoms with E-state index in [9.17, 15) is 19.7 Å². The van der Waals surface area contributed by atoms with Gasteiger partial charge >= 0.3 is 5.97 Å². The number of nitro benzene ring substituents is 1. The lowest BCUT2D eigenvalue weighted by Crippen LogP contribution is -2.34. The Hall–Kier alpha value is -1.96. The van der Waals surface area contributed by atoms with Crippen molar-refractivity contribution in [2.75, 3.05) is 6.54 Å². The molecule has 0 heterocycles. The van der Waals surface area contributed by atoms with Gasteiger partial charge in [0.05, 0.1) is 10.3 Å². The van der Waals surface area contributed by atoms with E-state index in [1.807, 2.05) is 0 Å². The molecule has 1 aromatic carbocycles. The fourth-order valence-electron chi connectivity index (χ4n) is 1.81. The lowest BCUT2D eigenvalue weighted by atomic mass is 10.1. The number of rotatable bonds is 5. The molecule has 20 heavy (non-hydrogen) atoms. The molecule has 7 nitrogen and oxygen atoms in total. The Morgan fingerprint density at radius 1 is 1.45 bits per heavy atom. The monoisotopic (exact) mass is 342 g/mol. The van der Waals surface area contributed by atoms with Gasteiger partial charge in [-0.2, -0.15) is 0 Å². The number of carbonyl (C=O) groups is 2. The summed E-state index contributed by atoms with van der Waals surface area (Å²) in [4.78, 5) is 33.2. The van der Waals surface area contributed by atoms with E-state index in [-0.39, 0.29) is 17.8 Å². The summed E-state index contributed by atoms with van der Waals surface area (Å²) >= 11 is 3.10. The summed E-state index contributed by atoms with van der Waals surface area (Å²) in [5.74, 6) is -1.60. The van der Waals surface area contributed by atoms with Crippen molar-refractivity contribution >= 4 is 33.5 Å². The smallest absolute Gasteiger partial charge is 0.311 e. The zero-order valence-electron chi connectivity index (χ0n) is 10.3. The van der Waals surface area contributed by atoms with E-state index in [4.69, 9.17) is 5.11 Å². The number of carbonyl (C=O) groups excluding carboxylic acids is 1. The lowest BCUT2D eigenvalue weighted by molar-refractivity contribution is -0.385. The number of hydrogen-bond donors (Lipinski definition) is 2. The molecule has 1 aliphatic carbocycles. The molecule has 1 fully saturated rings. The van der Waals surface area contributed by atoms with Crippen LogP contribution in [0.25, 0.3) is 0 Å². The summed E-state index contributed by atoms with van der Waals surface area (Å²) in [6.45, 7) is -0.0195. The fourth-order valence-corrected chi connectivity index (χ4v) is 2.16. The van der Waals surface area contributed by atoms with Gasteiger partial charge in [0.15, 0.2) is 0 Å². The molecule has 2 N–H and O–H groups in total. The van der Waals surface area contributed by atoms with Gasteiger partial charge in [-0.15, -0.1) is 0 Å². The first kappa shape index (κ1) is 14.4. The van der Waals surface area contributed by atoms with E-state index in [1.54, 1.807) is 0 Å². The van der Waals surface area contributed by atoms with Crippen molar-refractivity contribution in [2.24, 2.45) is 5.41 Å². The van der Waals surface area contributed by atoms with Gasteiger partial charge in [-0.1, -0.05) is 15.9 Å². The molecule has 1 amide bonds. The maximum Gasteiger partial charge on any atom is 0.311 e. The van der Waals surface area contributed by atoms with Gasteiger partial charge in [-0.3, -0.25) is 19.7 Å². The number of nitrogens with one attached hydrogen (secondary N) is 1. The molecule has 0 aromatic heterocycles. The molecule has 1 saturated carbocycles. The van der Waals surface area contributed by atoms with Crippen LogP contribution in [-0.2, 0) is 4.79 Å². The molecule has 1 aliphatic rings. The molecule has 0 radical (unpaired) electrons. The molecule has 0 atom stereocenters. The third kappa shape index (κ3) is 2.79. The average molecular weight is 343 g/mol. The Labute approximate surface area is 122 Å². The minimum Gasteiger partial charge on any atom is -0.481 e. The standard InChI is InChI=1S/C12H11BrN2O5/c13-7-1-2-8(9(5-7)15(19)20)10(16)14-6-12(3-4-12)11(17)18/h1-2,5H,3-4,6H2,(H,14,16)(H,17,18). The van der Waals surface area contributed by atoms with Crippen LogP contribution in [0.3, 0.4) is 0 Å². The van der Waals surface area contributed by atoms with Crippen LogP contribution in [0.2, 0.25) is 0 Å². The summed E-state index contributed by atoms with van der Waals surface area (Å²) < 4.78 is 0.491. The lowest BCUT2D eigenvalue weighted by Gasteiger charge is -2.11. The normalized spacial score (nSPS) is 15.4. The number of amides is 1. The maximum atomic E-state index is 12.0. The molecule has 0 bridgehead atoms. The number of nitro groups is 1. The molecular formula is C12H11BrN2O5. The molecule has 0 aliphatic heterocycles. The van der Waals surface area contributed by atoms with E-state index in [1.165, 1.54) is 18.2 Å². The van der Waals surface area contributed by atoms with Crippen molar-refractivity contribution in [1.82, 2.24) is 5.32 Å². The molecular weight excluding hydrogens is 332 g/mol. The topological polar surface area (TPSA) is 110 Å². The maximum absolute atomic E-state index is 12.0. The summed E-state index contributed by atoms with van der Waals surface area (Å²) in [6, 6.07) is 4.09. The second-order valence-electron chi connectivity index (χ2n) is 4.69. The molecule has 0 spiro atoms. The zero-order valence-corrected chi connectivity index (χ0v) is 11.8. The predicted molar refractivity (Wildman–Crippen MR) is 72.4 cm³/mol.